The van der Waals surface area contributed by atoms with E-state index < -0.39 is 0 Å². The Morgan fingerprint density at radius 1 is 1.11 bits per heavy atom. The summed E-state index contributed by atoms with van der Waals surface area (Å²) in [5.41, 5.74) is 1.36. The van der Waals surface area contributed by atoms with Crippen LogP contribution in [0.15, 0.2) is 48.5 Å². The van der Waals surface area contributed by atoms with Crippen molar-refractivity contribution in [2.75, 3.05) is 6.61 Å². The fourth-order valence-electron chi connectivity index (χ4n) is 1.71. The highest BCUT2D eigenvalue weighted by atomic mass is 127. The van der Waals surface area contributed by atoms with Crippen LogP contribution in [0.1, 0.15) is 29.3 Å². The predicted octanol–water partition coefficient (Wildman–Crippen LogP) is 4.31. The summed E-state index contributed by atoms with van der Waals surface area (Å²) in [7, 11) is 0. The molecule has 0 aliphatic rings. The fraction of sp³-hybridized carbons (Fsp3) is 0.188. The number of halogens is 1. The highest BCUT2D eigenvalue weighted by Crippen LogP contribution is 2.17. The van der Waals surface area contributed by atoms with Gasteiger partial charge in [0.05, 0.1) is 6.61 Å². The van der Waals surface area contributed by atoms with Crippen molar-refractivity contribution in [2.24, 2.45) is 0 Å². The number of rotatable bonds is 5. The van der Waals surface area contributed by atoms with Crippen molar-refractivity contribution in [3.8, 4) is 5.75 Å². The molecule has 0 fully saturated rings. The molecule has 98 valence electrons. The van der Waals surface area contributed by atoms with Crippen molar-refractivity contribution in [3.05, 3.63) is 63.2 Å². The Morgan fingerprint density at radius 3 is 2.53 bits per heavy atom. The monoisotopic (exact) mass is 366 g/mol. The summed E-state index contributed by atoms with van der Waals surface area (Å²) in [5, 5.41) is 0. The first-order valence-electron chi connectivity index (χ1n) is 6.24. The minimum Gasteiger partial charge on any atom is -0.494 e. The van der Waals surface area contributed by atoms with Gasteiger partial charge < -0.3 is 4.74 Å². The van der Waals surface area contributed by atoms with Crippen molar-refractivity contribution >= 4 is 28.4 Å². The van der Waals surface area contributed by atoms with Crippen LogP contribution in [0, 0.1) is 3.57 Å². The van der Waals surface area contributed by atoms with Crippen LogP contribution in [0.3, 0.4) is 0 Å². The Balaban J connectivity index is 2.21. The maximum atomic E-state index is 12.3. The summed E-state index contributed by atoms with van der Waals surface area (Å²) < 4.78 is 6.67. The largest absolute Gasteiger partial charge is 0.494 e. The van der Waals surface area contributed by atoms with E-state index in [0.717, 1.165) is 15.7 Å². The molecule has 2 rings (SSSR count). The molecule has 2 aromatic carbocycles. The molecule has 3 heteroatoms. The van der Waals surface area contributed by atoms with Crippen molar-refractivity contribution in [1.29, 1.82) is 0 Å². The first-order valence-corrected chi connectivity index (χ1v) is 7.31. The molecule has 0 radical (unpaired) electrons. The number of ether oxygens (including phenoxy) is 1. The SMILES string of the molecule is CCCOc1cccc(C(=O)c2ccc(I)cc2)c1. The minimum atomic E-state index is 0.0262. The summed E-state index contributed by atoms with van der Waals surface area (Å²) in [6, 6.07) is 14.9. The number of ketones is 1. The summed E-state index contributed by atoms with van der Waals surface area (Å²) in [6.07, 6.45) is 0.954. The van der Waals surface area contributed by atoms with Crippen molar-refractivity contribution in [1.82, 2.24) is 0 Å². The third-order valence-corrected chi connectivity index (χ3v) is 3.39. The van der Waals surface area contributed by atoms with Crippen LogP contribution in [-0.4, -0.2) is 12.4 Å². The lowest BCUT2D eigenvalue weighted by Gasteiger charge is -2.06. The molecule has 0 spiro atoms. The normalized spacial score (nSPS) is 10.2. The average Bonchev–Trinajstić information content (AvgIpc) is 2.45. The van der Waals surface area contributed by atoms with Gasteiger partial charge >= 0.3 is 0 Å². The molecule has 0 saturated heterocycles. The summed E-state index contributed by atoms with van der Waals surface area (Å²) >= 11 is 2.22. The lowest BCUT2D eigenvalue weighted by atomic mass is 10.0. The second-order valence-corrected chi connectivity index (χ2v) is 5.46. The molecule has 0 aliphatic carbocycles. The van der Waals surface area contributed by atoms with Gasteiger partial charge in [-0.3, -0.25) is 4.79 Å². The highest BCUT2D eigenvalue weighted by Gasteiger charge is 2.09. The first-order chi connectivity index (χ1) is 9.20. The first kappa shape index (κ1) is 14.1. The van der Waals surface area contributed by atoms with Crippen LogP contribution in [0.25, 0.3) is 0 Å². The van der Waals surface area contributed by atoms with E-state index in [-0.39, 0.29) is 5.78 Å². The van der Waals surface area contributed by atoms with E-state index in [2.05, 4.69) is 29.5 Å². The third kappa shape index (κ3) is 3.80. The van der Waals surface area contributed by atoms with E-state index in [1.165, 1.54) is 0 Å². The molecule has 0 aromatic heterocycles. The molecule has 0 bridgehead atoms. The molecule has 0 N–H and O–H groups in total. The van der Waals surface area contributed by atoms with Gasteiger partial charge in [-0.15, -0.1) is 0 Å². The molecule has 0 atom stereocenters. The molecule has 2 nitrogen and oxygen atoms in total. The Labute approximate surface area is 126 Å². The van der Waals surface area contributed by atoms with E-state index in [0.29, 0.717) is 17.7 Å². The Bertz CT molecular complexity index is 561. The average molecular weight is 366 g/mol. The number of carbonyl (C=O) groups is 1. The summed E-state index contributed by atoms with van der Waals surface area (Å²) in [5.74, 6) is 0.775. The van der Waals surface area contributed by atoms with E-state index in [4.69, 9.17) is 4.74 Å². The molecule has 0 amide bonds. The van der Waals surface area contributed by atoms with Gasteiger partial charge in [0.25, 0.3) is 0 Å². The maximum Gasteiger partial charge on any atom is 0.193 e. The smallest absolute Gasteiger partial charge is 0.193 e. The lowest BCUT2D eigenvalue weighted by Crippen LogP contribution is -2.02. The molecule has 2 aromatic rings. The van der Waals surface area contributed by atoms with Crippen LogP contribution < -0.4 is 4.74 Å². The number of hydrogen-bond donors (Lipinski definition) is 0. The van der Waals surface area contributed by atoms with Gasteiger partial charge in [0.1, 0.15) is 5.75 Å². The summed E-state index contributed by atoms with van der Waals surface area (Å²) in [4.78, 5) is 12.3. The van der Waals surface area contributed by atoms with Gasteiger partial charge in [0.15, 0.2) is 5.78 Å². The predicted molar refractivity (Wildman–Crippen MR) is 84.8 cm³/mol. The zero-order valence-corrected chi connectivity index (χ0v) is 12.9. The van der Waals surface area contributed by atoms with Gasteiger partial charge in [0.2, 0.25) is 0 Å². The lowest BCUT2D eigenvalue weighted by molar-refractivity contribution is 0.103. The Kier molecular flexibility index (Phi) is 4.96. The molecular weight excluding hydrogens is 351 g/mol. The van der Waals surface area contributed by atoms with Crippen LogP contribution in [0.5, 0.6) is 5.75 Å². The maximum absolute atomic E-state index is 12.3. The van der Waals surface area contributed by atoms with Gasteiger partial charge in [-0.2, -0.15) is 0 Å². The Hall–Kier alpha value is -1.36. The molecule has 0 heterocycles. The molecule has 0 unspecified atom stereocenters. The van der Waals surface area contributed by atoms with E-state index in [1.807, 2.05) is 42.5 Å². The zero-order valence-electron chi connectivity index (χ0n) is 10.7. The molecule has 0 aliphatic heterocycles. The number of hydrogen-bond acceptors (Lipinski definition) is 2. The molecule has 19 heavy (non-hydrogen) atoms. The van der Waals surface area contributed by atoms with Crippen LogP contribution >= 0.6 is 22.6 Å². The fourth-order valence-corrected chi connectivity index (χ4v) is 2.07. The van der Waals surface area contributed by atoms with Crippen molar-refractivity contribution in [3.63, 3.8) is 0 Å². The van der Waals surface area contributed by atoms with Gasteiger partial charge in [-0.25, -0.2) is 0 Å². The minimum absolute atomic E-state index is 0.0262. The molecular formula is C16H15IO2. The van der Waals surface area contributed by atoms with E-state index >= 15 is 0 Å². The van der Waals surface area contributed by atoms with Gasteiger partial charge in [0, 0.05) is 14.7 Å². The second-order valence-electron chi connectivity index (χ2n) is 4.21. The van der Waals surface area contributed by atoms with E-state index in [9.17, 15) is 4.79 Å². The van der Waals surface area contributed by atoms with Crippen molar-refractivity contribution < 1.29 is 9.53 Å². The van der Waals surface area contributed by atoms with Gasteiger partial charge in [-0.1, -0.05) is 19.1 Å². The highest BCUT2D eigenvalue weighted by molar-refractivity contribution is 14.1. The quantitative estimate of drug-likeness (QED) is 0.582. The Morgan fingerprint density at radius 2 is 1.84 bits per heavy atom. The third-order valence-electron chi connectivity index (χ3n) is 2.68. The van der Waals surface area contributed by atoms with E-state index in [1.54, 1.807) is 6.07 Å². The second kappa shape index (κ2) is 6.70. The summed E-state index contributed by atoms with van der Waals surface area (Å²) in [6.45, 7) is 2.72. The zero-order chi connectivity index (χ0) is 13.7. The topological polar surface area (TPSA) is 26.3 Å². The van der Waals surface area contributed by atoms with Crippen molar-refractivity contribution in [2.45, 2.75) is 13.3 Å². The van der Waals surface area contributed by atoms with Gasteiger partial charge in [-0.05, 0) is 65.4 Å². The molecule has 0 saturated carbocycles. The standard InChI is InChI=1S/C16H15IO2/c1-2-10-19-15-5-3-4-13(11-15)16(18)12-6-8-14(17)9-7-12/h3-9,11H,2,10H2,1H3. The number of benzene rings is 2. The van der Waals surface area contributed by atoms with Crippen LogP contribution in [-0.2, 0) is 0 Å². The number of carbonyl (C=O) groups excluding carboxylic acids is 1. The van der Waals surface area contributed by atoms with Crippen LogP contribution in [0.2, 0.25) is 0 Å². The van der Waals surface area contributed by atoms with Crippen LogP contribution in [0.4, 0.5) is 0 Å².